The summed E-state index contributed by atoms with van der Waals surface area (Å²) in [7, 11) is -0.592. The average molecular weight is 499 g/mol. The molecule has 0 aliphatic carbocycles. The van der Waals surface area contributed by atoms with Crippen LogP contribution in [0.25, 0.3) is 0 Å². The summed E-state index contributed by atoms with van der Waals surface area (Å²) >= 11 is 0. The number of ketones is 1. The van der Waals surface area contributed by atoms with Crippen molar-refractivity contribution in [3.63, 3.8) is 0 Å². The fraction of sp³-hybridized carbons (Fsp3) is 0.931. The summed E-state index contributed by atoms with van der Waals surface area (Å²) in [5, 5.41) is 0.0691. The molecular weight excluding hydrogens is 440 g/mol. The van der Waals surface area contributed by atoms with Gasteiger partial charge in [-0.15, -0.1) is 0 Å². The number of hydrogen-bond acceptors (Lipinski definition) is 4. The highest BCUT2D eigenvalue weighted by molar-refractivity contribution is 6.74. The van der Waals surface area contributed by atoms with Crippen molar-refractivity contribution in [2.75, 3.05) is 7.11 Å². The SMILES string of the molecule is CCCCCCCCCCCCCCCCC(=O)CC[C@@H](CC(=O)OC)O[Si](C)(C)C(C)(C)C. The zero-order chi connectivity index (χ0) is 25.9. The lowest BCUT2D eigenvalue weighted by molar-refractivity contribution is -0.142. The highest BCUT2D eigenvalue weighted by atomic mass is 28.4. The van der Waals surface area contributed by atoms with Crippen LogP contribution in [0.2, 0.25) is 18.1 Å². The second kappa shape index (κ2) is 19.5. The zero-order valence-electron chi connectivity index (χ0n) is 23.9. The van der Waals surface area contributed by atoms with E-state index in [1.54, 1.807) is 0 Å². The van der Waals surface area contributed by atoms with Crippen molar-refractivity contribution in [1.82, 2.24) is 0 Å². The predicted molar refractivity (Wildman–Crippen MR) is 148 cm³/mol. The van der Waals surface area contributed by atoms with Gasteiger partial charge in [-0.1, -0.05) is 111 Å². The molecule has 0 fully saturated rings. The van der Waals surface area contributed by atoms with Crippen LogP contribution in [0.3, 0.4) is 0 Å². The highest BCUT2D eigenvalue weighted by Gasteiger charge is 2.39. The van der Waals surface area contributed by atoms with Gasteiger partial charge in [0, 0.05) is 12.8 Å². The molecule has 34 heavy (non-hydrogen) atoms. The van der Waals surface area contributed by atoms with E-state index in [1.165, 1.54) is 84.2 Å². The van der Waals surface area contributed by atoms with Gasteiger partial charge in [0.25, 0.3) is 0 Å². The molecular formula is C29H58O4Si. The number of ether oxygens (including phenoxy) is 1. The van der Waals surface area contributed by atoms with Gasteiger partial charge < -0.3 is 9.16 Å². The van der Waals surface area contributed by atoms with Crippen molar-refractivity contribution in [1.29, 1.82) is 0 Å². The third-order valence-corrected chi connectivity index (χ3v) is 12.0. The smallest absolute Gasteiger partial charge is 0.308 e. The van der Waals surface area contributed by atoms with E-state index in [-0.39, 0.29) is 23.5 Å². The van der Waals surface area contributed by atoms with Gasteiger partial charge >= 0.3 is 5.97 Å². The lowest BCUT2D eigenvalue weighted by atomic mass is 10.0. The van der Waals surface area contributed by atoms with Crippen LogP contribution in [0.15, 0.2) is 0 Å². The van der Waals surface area contributed by atoms with Crippen LogP contribution < -0.4 is 0 Å². The minimum absolute atomic E-state index is 0.0691. The molecule has 0 rings (SSSR count). The summed E-state index contributed by atoms with van der Waals surface area (Å²) in [5.74, 6) is 0.0377. The van der Waals surface area contributed by atoms with E-state index in [4.69, 9.17) is 9.16 Å². The summed E-state index contributed by atoms with van der Waals surface area (Å²) < 4.78 is 11.3. The van der Waals surface area contributed by atoms with E-state index in [0.29, 0.717) is 25.0 Å². The molecule has 0 bridgehead atoms. The van der Waals surface area contributed by atoms with Crippen LogP contribution >= 0.6 is 0 Å². The summed E-state index contributed by atoms with van der Waals surface area (Å²) in [5.41, 5.74) is 0. The first kappa shape index (κ1) is 33.3. The minimum Gasteiger partial charge on any atom is -0.469 e. The number of rotatable bonds is 22. The van der Waals surface area contributed by atoms with Gasteiger partial charge in [0.05, 0.1) is 19.6 Å². The first-order chi connectivity index (χ1) is 16.0. The molecule has 202 valence electrons. The Hall–Kier alpha value is -0.683. The molecule has 0 unspecified atom stereocenters. The molecule has 0 heterocycles. The van der Waals surface area contributed by atoms with E-state index in [9.17, 15) is 9.59 Å². The molecule has 0 aromatic rings. The zero-order valence-corrected chi connectivity index (χ0v) is 24.9. The van der Waals surface area contributed by atoms with E-state index >= 15 is 0 Å². The fourth-order valence-electron chi connectivity index (χ4n) is 4.03. The second-order valence-corrected chi connectivity index (χ2v) is 16.5. The molecule has 0 amide bonds. The molecule has 0 aliphatic rings. The molecule has 1 atom stereocenters. The molecule has 0 aromatic carbocycles. The van der Waals surface area contributed by atoms with Gasteiger partial charge in [-0.05, 0) is 31.0 Å². The first-order valence-corrected chi connectivity index (χ1v) is 17.2. The Morgan fingerprint density at radius 1 is 0.735 bits per heavy atom. The van der Waals surface area contributed by atoms with Gasteiger partial charge in [0.15, 0.2) is 8.32 Å². The predicted octanol–water partition coefficient (Wildman–Crippen LogP) is 9.16. The van der Waals surface area contributed by atoms with Crippen molar-refractivity contribution in [2.24, 2.45) is 0 Å². The number of carbonyl (C=O) groups excluding carboxylic acids is 2. The summed E-state index contributed by atoms with van der Waals surface area (Å²) in [6.45, 7) is 13.2. The molecule has 4 nitrogen and oxygen atoms in total. The van der Waals surface area contributed by atoms with Crippen molar-refractivity contribution in [2.45, 2.75) is 168 Å². The largest absolute Gasteiger partial charge is 0.469 e. The standard InChI is InChI=1S/C29H58O4Si/c1-8-9-10-11-12-13-14-15-16-17-18-19-20-21-22-26(30)23-24-27(25-28(31)32-5)33-34(6,7)29(2,3)4/h27H,8-25H2,1-7H3/t27-/m0/s1. The third kappa shape index (κ3) is 17.7. The van der Waals surface area contributed by atoms with Crippen molar-refractivity contribution in [3.05, 3.63) is 0 Å². The van der Waals surface area contributed by atoms with Crippen LogP contribution in [0.1, 0.15) is 143 Å². The third-order valence-electron chi connectivity index (χ3n) is 7.44. The number of methoxy groups -OCH3 is 1. The normalized spacial score (nSPS) is 13.1. The maximum Gasteiger partial charge on any atom is 0.308 e. The Balaban J connectivity index is 3.92. The fourth-order valence-corrected chi connectivity index (χ4v) is 5.42. The quantitative estimate of drug-likeness (QED) is 0.0848. The summed E-state index contributed by atoms with van der Waals surface area (Å²) in [6, 6.07) is 0. The van der Waals surface area contributed by atoms with E-state index in [0.717, 1.165) is 12.8 Å². The molecule has 5 heteroatoms. The summed E-state index contributed by atoms with van der Waals surface area (Å²) in [6.07, 6.45) is 20.3. The number of Topliss-reactive ketones (excluding diaryl/α,β-unsaturated/α-hetero) is 1. The van der Waals surface area contributed by atoms with Crippen molar-refractivity contribution < 1.29 is 18.8 Å². The summed E-state index contributed by atoms with van der Waals surface area (Å²) in [4.78, 5) is 24.3. The van der Waals surface area contributed by atoms with E-state index in [2.05, 4.69) is 40.8 Å². The van der Waals surface area contributed by atoms with Gasteiger partial charge in [0.1, 0.15) is 5.78 Å². The number of unbranched alkanes of at least 4 members (excludes halogenated alkanes) is 13. The Kier molecular flexibility index (Phi) is 19.1. The Morgan fingerprint density at radius 2 is 1.18 bits per heavy atom. The van der Waals surface area contributed by atoms with Crippen LogP contribution in [0.4, 0.5) is 0 Å². The molecule has 0 N–H and O–H groups in total. The maximum absolute atomic E-state index is 12.4. The van der Waals surface area contributed by atoms with Crippen LogP contribution in [0, 0.1) is 0 Å². The number of carbonyl (C=O) groups is 2. The van der Waals surface area contributed by atoms with Crippen LogP contribution in [-0.4, -0.2) is 33.3 Å². The topological polar surface area (TPSA) is 52.6 Å². The Bertz CT molecular complexity index is 525. The van der Waals surface area contributed by atoms with Gasteiger partial charge in [-0.25, -0.2) is 0 Å². The van der Waals surface area contributed by atoms with E-state index in [1.807, 2.05) is 0 Å². The molecule has 0 spiro atoms. The number of esters is 1. The molecule has 0 radical (unpaired) electrons. The lowest BCUT2D eigenvalue weighted by Gasteiger charge is -2.39. The lowest BCUT2D eigenvalue weighted by Crippen LogP contribution is -2.44. The van der Waals surface area contributed by atoms with Crippen LogP contribution in [0.5, 0.6) is 0 Å². The van der Waals surface area contributed by atoms with Gasteiger partial charge in [-0.2, -0.15) is 0 Å². The molecule has 0 aromatic heterocycles. The minimum atomic E-state index is -2.00. The molecule has 0 saturated carbocycles. The Morgan fingerprint density at radius 3 is 1.59 bits per heavy atom. The second-order valence-electron chi connectivity index (χ2n) is 11.7. The maximum atomic E-state index is 12.4. The van der Waals surface area contributed by atoms with E-state index < -0.39 is 8.32 Å². The molecule has 0 aliphatic heterocycles. The first-order valence-electron chi connectivity index (χ1n) is 14.3. The monoisotopic (exact) mass is 498 g/mol. The average Bonchev–Trinajstić information content (AvgIpc) is 2.76. The number of hydrogen-bond donors (Lipinski definition) is 0. The highest BCUT2D eigenvalue weighted by Crippen LogP contribution is 2.38. The van der Waals surface area contributed by atoms with Gasteiger partial charge in [0.2, 0.25) is 0 Å². The van der Waals surface area contributed by atoms with Crippen molar-refractivity contribution >= 4 is 20.1 Å². The van der Waals surface area contributed by atoms with Crippen LogP contribution in [-0.2, 0) is 18.8 Å². The van der Waals surface area contributed by atoms with Crippen molar-refractivity contribution in [3.8, 4) is 0 Å². The molecule has 0 saturated heterocycles. The Labute approximate surface area is 213 Å². The van der Waals surface area contributed by atoms with Gasteiger partial charge in [-0.3, -0.25) is 9.59 Å².